The van der Waals surface area contributed by atoms with E-state index in [9.17, 15) is 4.79 Å². The Morgan fingerprint density at radius 2 is 2.20 bits per heavy atom. The Morgan fingerprint density at radius 3 is 2.87 bits per heavy atom. The number of esters is 1. The maximum absolute atomic E-state index is 11.6. The fraction of sp³-hybridized carbons (Fsp3) is 0.900. The number of nitrogens with zero attached hydrogens (tertiary/aromatic N) is 3. The van der Waals surface area contributed by atoms with Crippen LogP contribution in [0, 0.1) is 5.92 Å². The normalized spacial score (nSPS) is 26.2. The predicted octanol–water partition coefficient (Wildman–Crippen LogP) is 2.81. The average Bonchev–Trinajstić information content (AvgIpc) is 2.44. The maximum Gasteiger partial charge on any atom is 0.309 e. The summed E-state index contributed by atoms with van der Waals surface area (Å²) in [5, 5.41) is 3.71. The lowest BCUT2D eigenvalue weighted by molar-refractivity contribution is -0.148. The molecule has 0 aromatic heterocycles. The van der Waals surface area contributed by atoms with E-state index in [2.05, 4.69) is 10.0 Å². The van der Waals surface area contributed by atoms with Crippen LogP contribution in [-0.4, -0.2) is 18.6 Å². The van der Waals surface area contributed by atoms with E-state index in [0.717, 1.165) is 32.1 Å². The first-order valence-electron chi connectivity index (χ1n) is 5.50. The monoisotopic (exact) mass is 211 g/mol. The van der Waals surface area contributed by atoms with Crippen molar-refractivity contribution in [2.24, 2.45) is 11.0 Å². The SMILES string of the molecule is CCOC(=O)[C@H]1CCCCC[C@@H]1N=[N+]=[N-]. The number of ether oxygens (including phenoxy) is 1. The molecular formula is C10H17N3O2. The number of carbonyl (C=O) groups is 1. The maximum atomic E-state index is 11.6. The third-order valence-corrected chi connectivity index (χ3v) is 2.77. The molecule has 0 N–H and O–H groups in total. The number of azide groups is 1. The van der Waals surface area contributed by atoms with Gasteiger partial charge in [-0.1, -0.05) is 24.4 Å². The largest absolute Gasteiger partial charge is 0.466 e. The van der Waals surface area contributed by atoms with Gasteiger partial charge in [-0.15, -0.1) is 0 Å². The van der Waals surface area contributed by atoms with Crippen LogP contribution in [0.1, 0.15) is 39.0 Å². The Hall–Kier alpha value is -1.22. The molecule has 0 spiro atoms. The van der Waals surface area contributed by atoms with Crippen LogP contribution in [0.5, 0.6) is 0 Å². The van der Waals surface area contributed by atoms with E-state index in [1.807, 2.05) is 0 Å². The summed E-state index contributed by atoms with van der Waals surface area (Å²) in [6.45, 7) is 2.18. The lowest BCUT2D eigenvalue weighted by Gasteiger charge is -2.18. The summed E-state index contributed by atoms with van der Waals surface area (Å²) in [7, 11) is 0. The molecule has 0 aliphatic heterocycles. The molecule has 1 fully saturated rings. The third-order valence-electron chi connectivity index (χ3n) is 2.77. The molecule has 0 radical (unpaired) electrons. The van der Waals surface area contributed by atoms with Crippen molar-refractivity contribution in [3.8, 4) is 0 Å². The molecule has 0 aromatic rings. The van der Waals surface area contributed by atoms with E-state index in [1.54, 1.807) is 6.92 Å². The van der Waals surface area contributed by atoms with Crippen LogP contribution >= 0.6 is 0 Å². The van der Waals surface area contributed by atoms with Crippen LogP contribution in [0.25, 0.3) is 10.4 Å². The Morgan fingerprint density at radius 1 is 1.47 bits per heavy atom. The average molecular weight is 211 g/mol. The van der Waals surface area contributed by atoms with Gasteiger partial charge in [0.25, 0.3) is 0 Å². The van der Waals surface area contributed by atoms with E-state index in [-0.39, 0.29) is 17.9 Å². The summed E-state index contributed by atoms with van der Waals surface area (Å²) < 4.78 is 4.99. The highest BCUT2D eigenvalue weighted by atomic mass is 16.5. The molecule has 1 aliphatic carbocycles. The smallest absolute Gasteiger partial charge is 0.309 e. The lowest BCUT2D eigenvalue weighted by Crippen LogP contribution is -2.27. The van der Waals surface area contributed by atoms with Crippen molar-refractivity contribution in [3.05, 3.63) is 10.4 Å². The summed E-state index contributed by atoms with van der Waals surface area (Å²) in [4.78, 5) is 14.4. The molecule has 15 heavy (non-hydrogen) atoms. The van der Waals surface area contributed by atoms with Crippen molar-refractivity contribution >= 4 is 5.97 Å². The van der Waals surface area contributed by atoms with Gasteiger partial charge in [0, 0.05) is 4.91 Å². The lowest BCUT2D eigenvalue weighted by atomic mass is 9.96. The highest BCUT2D eigenvalue weighted by Gasteiger charge is 2.29. The van der Waals surface area contributed by atoms with E-state index >= 15 is 0 Å². The number of hydrogen-bond donors (Lipinski definition) is 0. The molecule has 0 amide bonds. The zero-order valence-electron chi connectivity index (χ0n) is 9.06. The molecule has 84 valence electrons. The minimum atomic E-state index is -0.233. The standard InChI is InChI=1S/C10H17N3O2/c1-2-15-10(14)8-6-4-3-5-7-9(8)12-13-11/h8-9H,2-7H2,1H3/t8-,9-/m0/s1. The van der Waals surface area contributed by atoms with Gasteiger partial charge < -0.3 is 4.74 Å². The third kappa shape index (κ3) is 3.44. The highest BCUT2D eigenvalue weighted by Crippen LogP contribution is 2.27. The van der Waals surface area contributed by atoms with Crippen LogP contribution in [0.15, 0.2) is 5.11 Å². The second-order valence-electron chi connectivity index (χ2n) is 3.77. The first-order valence-corrected chi connectivity index (χ1v) is 5.50. The van der Waals surface area contributed by atoms with Crippen molar-refractivity contribution < 1.29 is 9.53 Å². The summed E-state index contributed by atoms with van der Waals surface area (Å²) in [6.07, 6.45) is 4.73. The zero-order valence-corrected chi connectivity index (χ0v) is 9.06. The summed E-state index contributed by atoms with van der Waals surface area (Å²) in [5.41, 5.74) is 8.45. The number of carbonyl (C=O) groups excluding carboxylic acids is 1. The van der Waals surface area contributed by atoms with Crippen molar-refractivity contribution in [2.45, 2.75) is 45.1 Å². The fourth-order valence-electron chi connectivity index (χ4n) is 2.02. The van der Waals surface area contributed by atoms with E-state index in [4.69, 9.17) is 10.3 Å². The molecule has 0 heterocycles. The molecule has 5 heteroatoms. The van der Waals surface area contributed by atoms with Crippen LogP contribution in [-0.2, 0) is 9.53 Å². The predicted molar refractivity (Wildman–Crippen MR) is 56.1 cm³/mol. The summed E-state index contributed by atoms with van der Waals surface area (Å²) in [6, 6.07) is -0.212. The van der Waals surface area contributed by atoms with Crippen LogP contribution in [0.3, 0.4) is 0 Å². The Labute approximate surface area is 89.4 Å². The van der Waals surface area contributed by atoms with Crippen LogP contribution < -0.4 is 0 Å². The molecule has 1 rings (SSSR count). The van der Waals surface area contributed by atoms with E-state index in [1.165, 1.54) is 0 Å². The topological polar surface area (TPSA) is 75.1 Å². The van der Waals surface area contributed by atoms with Gasteiger partial charge in [-0.05, 0) is 25.3 Å². The first kappa shape index (κ1) is 11.9. The van der Waals surface area contributed by atoms with Gasteiger partial charge in [0.05, 0.1) is 18.6 Å². The van der Waals surface area contributed by atoms with Crippen molar-refractivity contribution in [1.29, 1.82) is 0 Å². The van der Waals surface area contributed by atoms with Crippen LogP contribution in [0.2, 0.25) is 0 Å². The van der Waals surface area contributed by atoms with Gasteiger partial charge in [-0.3, -0.25) is 4.79 Å². The van der Waals surface area contributed by atoms with Gasteiger partial charge in [-0.2, -0.15) is 0 Å². The van der Waals surface area contributed by atoms with E-state index < -0.39 is 0 Å². The first-order chi connectivity index (χ1) is 7.29. The van der Waals surface area contributed by atoms with Gasteiger partial charge in [-0.25, -0.2) is 0 Å². The van der Waals surface area contributed by atoms with Gasteiger partial charge in [0.1, 0.15) is 0 Å². The molecule has 0 bridgehead atoms. The molecule has 5 nitrogen and oxygen atoms in total. The molecule has 1 saturated carbocycles. The Kier molecular flexibility index (Phi) is 4.98. The minimum Gasteiger partial charge on any atom is -0.466 e. The van der Waals surface area contributed by atoms with Crippen molar-refractivity contribution in [1.82, 2.24) is 0 Å². The van der Waals surface area contributed by atoms with Crippen molar-refractivity contribution in [3.63, 3.8) is 0 Å². The molecule has 1 aliphatic rings. The van der Waals surface area contributed by atoms with Gasteiger partial charge >= 0.3 is 5.97 Å². The number of hydrogen-bond acceptors (Lipinski definition) is 3. The Balaban J connectivity index is 2.69. The quantitative estimate of drug-likeness (QED) is 0.236. The molecule has 0 unspecified atom stereocenters. The van der Waals surface area contributed by atoms with Gasteiger partial charge in [0.15, 0.2) is 0 Å². The fourth-order valence-corrected chi connectivity index (χ4v) is 2.02. The van der Waals surface area contributed by atoms with Crippen LogP contribution in [0.4, 0.5) is 0 Å². The number of rotatable bonds is 3. The minimum absolute atomic E-state index is 0.211. The molecule has 0 aromatic carbocycles. The summed E-state index contributed by atoms with van der Waals surface area (Å²) >= 11 is 0. The van der Waals surface area contributed by atoms with Crippen molar-refractivity contribution in [2.75, 3.05) is 6.61 Å². The van der Waals surface area contributed by atoms with E-state index in [0.29, 0.717) is 6.61 Å². The zero-order chi connectivity index (χ0) is 11.1. The second kappa shape index (κ2) is 6.30. The second-order valence-corrected chi connectivity index (χ2v) is 3.77. The molecule has 2 atom stereocenters. The molecular weight excluding hydrogens is 194 g/mol. The highest BCUT2D eigenvalue weighted by molar-refractivity contribution is 5.73. The summed E-state index contributed by atoms with van der Waals surface area (Å²) in [5.74, 6) is -0.444. The van der Waals surface area contributed by atoms with Gasteiger partial charge in [0.2, 0.25) is 0 Å². The molecule has 0 saturated heterocycles. The Bertz CT molecular complexity index is 261.